The first-order valence-corrected chi connectivity index (χ1v) is 9.21. The van der Waals surface area contributed by atoms with Gasteiger partial charge in [-0.05, 0) is 49.9 Å². The van der Waals surface area contributed by atoms with Gasteiger partial charge in [-0.2, -0.15) is 0 Å². The predicted molar refractivity (Wildman–Crippen MR) is 99.1 cm³/mol. The molecule has 1 atom stereocenters. The van der Waals surface area contributed by atoms with Gasteiger partial charge in [0.25, 0.3) is 0 Å². The summed E-state index contributed by atoms with van der Waals surface area (Å²) in [5, 5.41) is 0. The highest BCUT2D eigenvalue weighted by Gasteiger charge is 2.25. The predicted octanol–water partition coefficient (Wildman–Crippen LogP) is 3.73. The van der Waals surface area contributed by atoms with Crippen molar-refractivity contribution in [2.24, 2.45) is 5.73 Å². The zero-order valence-corrected chi connectivity index (χ0v) is 15.3. The number of piperidine rings is 1. The highest BCUT2D eigenvalue weighted by atomic mass is 16.5. The lowest BCUT2D eigenvalue weighted by atomic mass is 9.97. The summed E-state index contributed by atoms with van der Waals surface area (Å²) in [6, 6.07) is 4.00. The van der Waals surface area contributed by atoms with Crippen molar-refractivity contribution >= 4 is 17.1 Å². The fraction of sp³-hybridized carbons (Fsp3) is 0.579. The average Bonchev–Trinajstić information content (AvgIpc) is 3.00. The van der Waals surface area contributed by atoms with Crippen molar-refractivity contribution in [1.29, 1.82) is 0 Å². The second-order valence-electron chi connectivity index (χ2n) is 7.22. The monoisotopic (exact) mass is 344 g/mol. The number of likely N-dealkylation sites (tertiary alicyclic amines) is 1. The summed E-state index contributed by atoms with van der Waals surface area (Å²) < 4.78 is 5.33. The van der Waals surface area contributed by atoms with E-state index >= 15 is 0 Å². The van der Waals surface area contributed by atoms with Gasteiger partial charge in [-0.3, -0.25) is 0 Å². The van der Waals surface area contributed by atoms with Gasteiger partial charge in [-0.25, -0.2) is 9.78 Å². The molecule has 0 aliphatic carbocycles. The molecule has 6 heteroatoms. The minimum atomic E-state index is -0.800. The topological polar surface area (TPSA) is 84.2 Å². The van der Waals surface area contributed by atoms with Crippen LogP contribution >= 0.6 is 0 Å². The molecule has 0 spiro atoms. The third kappa shape index (κ3) is 3.79. The maximum absolute atomic E-state index is 11.4. The molecule has 136 valence electrons. The summed E-state index contributed by atoms with van der Waals surface area (Å²) in [6.07, 6.45) is 2.68. The first kappa shape index (κ1) is 17.7. The standard InChI is InChI=1S/C19H28N4O2/c1-4-9-23-10-5-6-13(11-23)18-21-15-8-7-14(12(2)3)17(16(15)22-18)25-19(20)24/h7-8,12-13H,4-6,9-11H2,1-3H3,(H2,20,24)(H,21,22). The van der Waals surface area contributed by atoms with Crippen LogP contribution in [0.4, 0.5) is 4.79 Å². The van der Waals surface area contributed by atoms with E-state index in [0.29, 0.717) is 17.2 Å². The fourth-order valence-electron chi connectivity index (χ4n) is 3.74. The number of imidazole rings is 1. The van der Waals surface area contributed by atoms with Crippen LogP contribution in [0.1, 0.15) is 63.3 Å². The second kappa shape index (κ2) is 7.44. The summed E-state index contributed by atoms with van der Waals surface area (Å²) >= 11 is 0. The van der Waals surface area contributed by atoms with Gasteiger partial charge in [0.05, 0.1) is 5.52 Å². The van der Waals surface area contributed by atoms with Crippen LogP contribution in [0.5, 0.6) is 5.75 Å². The Bertz CT molecular complexity index is 751. The smallest absolute Gasteiger partial charge is 0.408 e. The maximum Gasteiger partial charge on any atom is 0.410 e. The number of H-pyrrole nitrogens is 1. The van der Waals surface area contributed by atoms with Crippen LogP contribution in [-0.2, 0) is 0 Å². The van der Waals surface area contributed by atoms with E-state index in [1.807, 2.05) is 12.1 Å². The number of carbonyl (C=O) groups is 1. The van der Waals surface area contributed by atoms with Crippen LogP contribution in [0.25, 0.3) is 11.0 Å². The molecule has 1 amide bonds. The highest BCUT2D eigenvalue weighted by molar-refractivity contribution is 5.86. The largest absolute Gasteiger partial charge is 0.410 e. The van der Waals surface area contributed by atoms with Crippen LogP contribution in [-0.4, -0.2) is 40.6 Å². The Balaban J connectivity index is 1.97. The van der Waals surface area contributed by atoms with E-state index in [9.17, 15) is 4.79 Å². The molecule has 0 bridgehead atoms. The molecular weight excluding hydrogens is 316 g/mol. The number of nitrogens with two attached hydrogens (primary N) is 1. The fourth-order valence-corrected chi connectivity index (χ4v) is 3.74. The van der Waals surface area contributed by atoms with E-state index in [1.54, 1.807) is 0 Å². The quantitative estimate of drug-likeness (QED) is 0.865. The Hall–Kier alpha value is -2.08. The number of aromatic nitrogens is 2. The van der Waals surface area contributed by atoms with E-state index < -0.39 is 6.09 Å². The maximum atomic E-state index is 11.4. The van der Waals surface area contributed by atoms with Gasteiger partial charge in [-0.1, -0.05) is 26.8 Å². The molecule has 6 nitrogen and oxygen atoms in total. The van der Waals surface area contributed by atoms with Crippen LogP contribution in [0, 0.1) is 0 Å². The van der Waals surface area contributed by atoms with E-state index in [0.717, 1.165) is 43.0 Å². The van der Waals surface area contributed by atoms with Gasteiger partial charge in [-0.15, -0.1) is 0 Å². The van der Waals surface area contributed by atoms with E-state index in [-0.39, 0.29) is 5.92 Å². The molecular formula is C19H28N4O2. The van der Waals surface area contributed by atoms with Crippen LogP contribution in [0.2, 0.25) is 0 Å². The number of benzene rings is 1. The summed E-state index contributed by atoms with van der Waals surface area (Å²) in [5.74, 6) is 2.07. The van der Waals surface area contributed by atoms with Crippen molar-refractivity contribution < 1.29 is 9.53 Å². The number of nitrogens with zero attached hydrogens (tertiary/aromatic N) is 2. The van der Waals surface area contributed by atoms with Crippen molar-refractivity contribution in [3.8, 4) is 5.75 Å². The second-order valence-corrected chi connectivity index (χ2v) is 7.22. The number of fused-ring (bicyclic) bond motifs is 1. The lowest BCUT2D eigenvalue weighted by Gasteiger charge is -2.31. The van der Waals surface area contributed by atoms with Gasteiger partial charge in [0.1, 0.15) is 11.3 Å². The van der Waals surface area contributed by atoms with E-state index in [4.69, 9.17) is 15.5 Å². The number of nitrogens with one attached hydrogen (secondary N) is 1. The molecule has 1 aliphatic rings. The first-order chi connectivity index (χ1) is 12.0. The molecule has 1 aliphatic heterocycles. The normalized spacial score (nSPS) is 18.8. The molecule has 1 unspecified atom stereocenters. The Morgan fingerprint density at radius 3 is 2.96 bits per heavy atom. The summed E-state index contributed by atoms with van der Waals surface area (Å²) in [4.78, 5) is 22.1. The molecule has 2 aromatic rings. The number of aromatic amines is 1. The molecule has 0 radical (unpaired) electrons. The number of primary amides is 1. The summed E-state index contributed by atoms with van der Waals surface area (Å²) in [5.41, 5.74) is 7.82. The average molecular weight is 344 g/mol. The Labute approximate surface area is 148 Å². The third-order valence-corrected chi connectivity index (χ3v) is 4.91. The van der Waals surface area contributed by atoms with E-state index in [2.05, 4.69) is 30.7 Å². The van der Waals surface area contributed by atoms with Crippen molar-refractivity contribution in [2.45, 2.75) is 51.9 Å². The zero-order chi connectivity index (χ0) is 18.0. The minimum Gasteiger partial charge on any atom is -0.408 e. The van der Waals surface area contributed by atoms with Crippen molar-refractivity contribution in [3.05, 3.63) is 23.5 Å². The SMILES string of the molecule is CCCN1CCCC(c2nc3c(OC(N)=O)c(C(C)C)ccc3[nH]2)C1. The van der Waals surface area contributed by atoms with Gasteiger partial charge in [0.2, 0.25) is 0 Å². The molecule has 0 saturated carbocycles. The molecule has 1 saturated heterocycles. The molecule has 25 heavy (non-hydrogen) atoms. The summed E-state index contributed by atoms with van der Waals surface area (Å²) in [6.45, 7) is 9.66. The Kier molecular flexibility index (Phi) is 5.27. The van der Waals surface area contributed by atoms with Gasteiger partial charge in [0.15, 0.2) is 5.75 Å². The lowest BCUT2D eigenvalue weighted by molar-refractivity contribution is 0.205. The molecule has 1 fully saturated rings. The molecule has 1 aromatic carbocycles. The van der Waals surface area contributed by atoms with Gasteiger partial charge < -0.3 is 20.4 Å². The molecule has 3 N–H and O–H groups in total. The number of ether oxygens (including phenoxy) is 1. The Morgan fingerprint density at radius 2 is 2.28 bits per heavy atom. The van der Waals surface area contributed by atoms with Crippen LogP contribution < -0.4 is 10.5 Å². The van der Waals surface area contributed by atoms with E-state index in [1.165, 1.54) is 12.8 Å². The zero-order valence-electron chi connectivity index (χ0n) is 15.3. The number of rotatable bonds is 5. The van der Waals surface area contributed by atoms with Crippen molar-refractivity contribution in [3.63, 3.8) is 0 Å². The number of hydrogen-bond donors (Lipinski definition) is 2. The Morgan fingerprint density at radius 1 is 1.48 bits per heavy atom. The van der Waals surface area contributed by atoms with Crippen molar-refractivity contribution in [1.82, 2.24) is 14.9 Å². The van der Waals surface area contributed by atoms with Crippen LogP contribution in [0.15, 0.2) is 12.1 Å². The number of hydrogen-bond acceptors (Lipinski definition) is 4. The highest BCUT2D eigenvalue weighted by Crippen LogP contribution is 2.35. The number of carbonyl (C=O) groups excluding carboxylic acids is 1. The lowest BCUT2D eigenvalue weighted by Crippen LogP contribution is -2.35. The molecule has 2 heterocycles. The van der Waals surface area contributed by atoms with Crippen LogP contribution in [0.3, 0.4) is 0 Å². The summed E-state index contributed by atoms with van der Waals surface area (Å²) in [7, 11) is 0. The van der Waals surface area contributed by atoms with Gasteiger partial charge in [0, 0.05) is 12.5 Å². The number of amides is 1. The molecule has 1 aromatic heterocycles. The third-order valence-electron chi connectivity index (χ3n) is 4.91. The molecule has 3 rings (SSSR count). The first-order valence-electron chi connectivity index (χ1n) is 9.21. The van der Waals surface area contributed by atoms with Crippen molar-refractivity contribution in [2.75, 3.05) is 19.6 Å². The minimum absolute atomic E-state index is 0.216. The van der Waals surface area contributed by atoms with Gasteiger partial charge >= 0.3 is 6.09 Å².